The zero-order valence-electron chi connectivity index (χ0n) is 17.7. The van der Waals surface area contributed by atoms with E-state index >= 15 is 0 Å². The van der Waals surface area contributed by atoms with Gasteiger partial charge in [0.25, 0.3) is 0 Å². The fourth-order valence-electron chi connectivity index (χ4n) is 2.95. The Morgan fingerprint density at radius 3 is 2.54 bits per heavy atom. The molecule has 1 amide bonds. The fraction of sp³-hybridized carbons (Fsp3) is 0.737. The van der Waals surface area contributed by atoms with Crippen LogP contribution in [0.1, 0.15) is 46.2 Å². The zero-order valence-corrected chi connectivity index (χ0v) is 20.0. The van der Waals surface area contributed by atoms with Gasteiger partial charge in [-0.3, -0.25) is 4.68 Å². The number of hydrogen-bond donors (Lipinski definition) is 2. The second-order valence-electron chi connectivity index (χ2n) is 7.93. The Kier molecular flexibility index (Phi) is 10.0. The molecule has 0 saturated carbocycles. The number of nitrogens with zero attached hydrogens (tertiary/aromatic N) is 4. The Morgan fingerprint density at radius 1 is 1.32 bits per heavy atom. The lowest BCUT2D eigenvalue weighted by atomic mass is 9.97. The summed E-state index contributed by atoms with van der Waals surface area (Å²) in [5.41, 5.74) is 0.624. The second kappa shape index (κ2) is 11.5. The Morgan fingerprint density at radius 2 is 2.00 bits per heavy atom. The molecule has 2 heterocycles. The van der Waals surface area contributed by atoms with Crippen molar-refractivity contribution in [2.45, 2.75) is 52.7 Å². The second-order valence-corrected chi connectivity index (χ2v) is 7.93. The van der Waals surface area contributed by atoms with E-state index in [1.54, 1.807) is 6.20 Å². The van der Waals surface area contributed by atoms with Crippen LogP contribution >= 0.6 is 24.0 Å². The number of amides is 1. The topological polar surface area (TPSA) is 83.8 Å². The van der Waals surface area contributed by atoms with E-state index in [2.05, 4.69) is 27.6 Å². The van der Waals surface area contributed by atoms with Crippen molar-refractivity contribution < 1.29 is 9.53 Å². The van der Waals surface area contributed by atoms with Crippen LogP contribution < -0.4 is 10.6 Å². The van der Waals surface area contributed by atoms with E-state index in [1.165, 1.54) is 0 Å². The third kappa shape index (κ3) is 8.24. The molecule has 1 fully saturated rings. The number of halogens is 1. The molecule has 0 radical (unpaired) electrons. The van der Waals surface area contributed by atoms with Crippen molar-refractivity contribution in [1.29, 1.82) is 0 Å². The number of piperidine rings is 1. The first-order valence-electron chi connectivity index (χ1n) is 9.75. The predicted octanol–water partition coefficient (Wildman–Crippen LogP) is 2.74. The first-order chi connectivity index (χ1) is 12.8. The lowest BCUT2D eigenvalue weighted by Gasteiger charge is -2.33. The molecule has 1 aromatic heterocycles. The van der Waals surface area contributed by atoms with Crippen LogP contribution in [0.25, 0.3) is 0 Å². The largest absolute Gasteiger partial charge is 0.444 e. The summed E-state index contributed by atoms with van der Waals surface area (Å²) in [6.45, 7) is 11.5. The van der Waals surface area contributed by atoms with Gasteiger partial charge < -0.3 is 20.3 Å². The van der Waals surface area contributed by atoms with Gasteiger partial charge in [0.15, 0.2) is 5.96 Å². The van der Waals surface area contributed by atoms with Gasteiger partial charge in [0.05, 0.1) is 12.2 Å². The van der Waals surface area contributed by atoms with Crippen LogP contribution in [0.2, 0.25) is 0 Å². The standard InChI is InChI=1S/C19H34N6O2.HI/c1-6-20-17(22-14-16-7-10-23-24(16)5)21-13-15-8-11-25(12-9-15)18(26)27-19(2,3)4;/h7,10,15H,6,8-9,11-14H2,1-5H3,(H2,20,21,22);1H. The number of ether oxygens (including phenoxy) is 1. The molecule has 1 aromatic rings. The monoisotopic (exact) mass is 506 g/mol. The number of likely N-dealkylation sites (tertiary alicyclic amines) is 1. The fourth-order valence-corrected chi connectivity index (χ4v) is 2.95. The number of carbonyl (C=O) groups is 1. The first kappa shape index (κ1) is 24.5. The molecule has 0 bridgehead atoms. The maximum absolute atomic E-state index is 12.1. The lowest BCUT2D eigenvalue weighted by Crippen LogP contribution is -2.45. The van der Waals surface area contributed by atoms with E-state index in [9.17, 15) is 4.79 Å². The van der Waals surface area contributed by atoms with Crippen LogP contribution in [-0.4, -0.2) is 58.5 Å². The molecule has 0 unspecified atom stereocenters. The third-order valence-electron chi connectivity index (χ3n) is 4.49. The summed E-state index contributed by atoms with van der Waals surface area (Å²) in [6.07, 6.45) is 3.50. The Bertz CT molecular complexity index is 633. The van der Waals surface area contributed by atoms with Gasteiger partial charge in [-0.05, 0) is 52.5 Å². The quantitative estimate of drug-likeness (QED) is 0.365. The maximum atomic E-state index is 12.1. The van der Waals surface area contributed by atoms with Crippen LogP contribution in [0.15, 0.2) is 17.3 Å². The molecule has 2 N–H and O–H groups in total. The van der Waals surface area contributed by atoms with Crippen LogP contribution in [0.4, 0.5) is 4.79 Å². The molecule has 0 spiro atoms. The Labute approximate surface area is 185 Å². The predicted molar refractivity (Wildman–Crippen MR) is 122 cm³/mol. The molecule has 2 rings (SSSR count). The summed E-state index contributed by atoms with van der Waals surface area (Å²) in [7, 11) is 1.92. The molecule has 0 aromatic carbocycles. The maximum Gasteiger partial charge on any atom is 0.410 e. The van der Waals surface area contributed by atoms with Gasteiger partial charge in [0.1, 0.15) is 5.60 Å². The summed E-state index contributed by atoms with van der Waals surface area (Å²) in [4.78, 5) is 18.6. The minimum atomic E-state index is -0.444. The minimum Gasteiger partial charge on any atom is -0.444 e. The van der Waals surface area contributed by atoms with Crippen molar-refractivity contribution in [3.8, 4) is 0 Å². The molecule has 8 nitrogen and oxygen atoms in total. The van der Waals surface area contributed by atoms with Crippen molar-refractivity contribution in [3.63, 3.8) is 0 Å². The average Bonchev–Trinajstić information content (AvgIpc) is 3.01. The number of rotatable bonds is 5. The molecule has 28 heavy (non-hydrogen) atoms. The van der Waals surface area contributed by atoms with Crippen molar-refractivity contribution >= 4 is 36.0 Å². The number of guanidine groups is 1. The van der Waals surface area contributed by atoms with Gasteiger partial charge in [0, 0.05) is 39.4 Å². The van der Waals surface area contributed by atoms with Crippen LogP contribution in [-0.2, 0) is 18.3 Å². The van der Waals surface area contributed by atoms with E-state index < -0.39 is 5.60 Å². The molecular formula is C19H35IN6O2. The van der Waals surface area contributed by atoms with Gasteiger partial charge in [0.2, 0.25) is 0 Å². The van der Waals surface area contributed by atoms with Gasteiger partial charge in [-0.1, -0.05) is 0 Å². The number of carbonyl (C=O) groups excluding carboxylic acids is 1. The third-order valence-corrected chi connectivity index (χ3v) is 4.49. The van der Waals surface area contributed by atoms with Crippen molar-refractivity contribution in [2.24, 2.45) is 18.0 Å². The molecule has 1 aliphatic heterocycles. The zero-order chi connectivity index (χ0) is 19.9. The molecular weight excluding hydrogens is 471 g/mol. The molecule has 1 saturated heterocycles. The van der Waals surface area contributed by atoms with E-state index in [-0.39, 0.29) is 30.1 Å². The van der Waals surface area contributed by atoms with Gasteiger partial charge in [-0.15, -0.1) is 24.0 Å². The number of aryl methyl sites for hydroxylation is 1. The van der Waals surface area contributed by atoms with Crippen molar-refractivity contribution in [3.05, 3.63) is 18.0 Å². The Hall–Kier alpha value is -1.52. The number of hydrogen-bond acceptors (Lipinski definition) is 4. The highest BCUT2D eigenvalue weighted by molar-refractivity contribution is 14.0. The first-order valence-corrected chi connectivity index (χ1v) is 9.75. The minimum absolute atomic E-state index is 0. The highest BCUT2D eigenvalue weighted by atomic mass is 127. The van der Waals surface area contributed by atoms with Gasteiger partial charge >= 0.3 is 6.09 Å². The molecule has 1 aliphatic rings. The summed E-state index contributed by atoms with van der Waals surface area (Å²) in [5, 5.41) is 10.9. The van der Waals surface area contributed by atoms with Crippen LogP contribution in [0.5, 0.6) is 0 Å². The number of aliphatic imine (C=N–C) groups is 1. The SMILES string of the molecule is CCNC(=NCc1ccnn1C)NCC1CCN(C(=O)OC(C)(C)C)CC1.I. The van der Waals surface area contributed by atoms with Crippen molar-refractivity contribution in [1.82, 2.24) is 25.3 Å². The molecule has 9 heteroatoms. The highest BCUT2D eigenvalue weighted by Gasteiger charge is 2.26. The van der Waals surface area contributed by atoms with E-state index in [0.29, 0.717) is 12.5 Å². The normalized spacial score (nSPS) is 15.8. The highest BCUT2D eigenvalue weighted by Crippen LogP contribution is 2.19. The lowest BCUT2D eigenvalue weighted by molar-refractivity contribution is 0.0185. The number of aromatic nitrogens is 2. The van der Waals surface area contributed by atoms with E-state index in [0.717, 1.165) is 50.7 Å². The van der Waals surface area contributed by atoms with E-state index in [1.807, 2.05) is 43.5 Å². The molecule has 0 aliphatic carbocycles. The Balaban J connectivity index is 0.00000392. The van der Waals surface area contributed by atoms with Crippen molar-refractivity contribution in [2.75, 3.05) is 26.2 Å². The summed E-state index contributed by atoms with van der Waals surface area (Å²) < 4.78 is 7.29. The summed E-state index contributed by atoms with van der Waals surface area (Å²) >= 11 is 0. The van der Waals surface area contributed by atoms with Gasteiger partial charge in [-0.25, -0.2) is 9.79 Å². The van der Waals surface area contributed by atoms with Crippen LogP contribution in [0, 0.1) is 5.92 Å². The summed E-state index contributed by atoms with van der Waals surface area (Å²) in [5.74, 6) is 1.33. The average molecular weight is 506 g/mol. The molecule has 160 valence electrons. The molecule has 0 atom stereocenters. The van der Waals surface area contributed by atoms with Crippen LogP contribution in [0.3, 0.4) is 0 Å². The smallest absolute Gasteiger partial charge is 0.410 e. The van der Waals surface area contributed by atoms with E-state index in [4.69, 9.17) is 4.74 Å². The van der Waals surface area contributed by atoms with Gasteiger partial charge in [-0.2, -0.15) is 5.10 Å². The summed E-state index contributed by atoms with van der Waals surface area (Å²) in [6, 6.07) is 1.97. The number of nitrogens with one attached hydrogen (secondary N) is 2.